The van der Waals surface area contributed by atoms with Crippen molar-refractivity contribution in [3.63, 3.8) is 0 Å². The van der Waals surface area contributed by atoms with E-state index < -0.39 is 0 Å². The molecule has 0 bridgehead atoms. The van der Waals surface area contributed by atoms with Crippen LogP contribution in [0.2, 0.25) is 0 Å². The standard InChI is InChI=1S/C32H32B2/c1-19-15-21(3)29(22(4)16-19)33-31-25-11-7-9-13-27(25)32(28-14-10-8-12-26(28)31)34-30-23(5)17-20(2)18-24(30)6/h7-18,33-34H,1-6H3. The SMILES string of the molecule is Cc1cc(C)c(Bc2c3ccccc3c(Bc3c(C)cc(C)cc3C)c3ccccc23)c(C)c1. The van der Waals surface area contributed by atoms with Gasteiger partial charge in [-0.15, -0.1) is 0 Å². The van der Waals surface area contributed by atoms with Crippen molar-refractivity contribution >= 4 is 58.0 Å². The van der Waals surface area contributed by atoms with E-state index in [1.807, 2.05) is 0 Å². The molecule has 5 aromatic carbocycles. The zero-order chi connectivity index (χ0) is 24.0. The summed E-state index contributed by atoms with van der Waals surface area (Å²) < 4.78 is 0. The van der Waals surface area contributed by atoms with Gasteiger partial charge < -0.3 is 0 Å². The second-order valence-electron chi connectivity index (χ2n) is 10.2. The molecule has 34 heavy (non-hydrogen) atoms. The van der Waals surface area contributed by atoms with Crippen molar-refractivity contribution < 1.29 is 0 Å². The lowest BCUT2D eigenvalue weighted by atomic mass is 9.54. The van der Waals surface area contributed by atoms with Crippen LogP contribution in [0.25, 0.3) is 21.5 Å². The van der Waals surface area contributed by atoms with E-state index in [4.69, 9.17) is 0 Å². The molecule has 0 aliphatic carbocycles. The number of hydrogen-bond donors (Lipinski definition) is 0. The van der Waals surface area contributed by atoms with E-state index >= 15 is 0 Å². The fraction of sp³-hybridized carbons (Fsp3) is 0.188. The van der Waals surface area contributed by atoms with E-state index in [-0.39, 0.29) is 0 Å². The Morgan fingerprint density at radius 2 is 0.647 bits per heavy atom. The third-order valence-electron chi connectivity index (χ3n) is 7.54. The Labute approximate surface area is 205 Å². The molecule has 0 N–H and O–H groups in total. The van der Waals surface area contributed by atoms with Crippen molar-refractivity contribution in [2.75, 3.05) is 0 Å². The lowest BCUT2D eigenvalue weighted by Crippen LogP contribution is -2.37. The predicted molar refractivity (Wildman–Crippen MR) is 156 cm³/mol. The maximum atomic E-state index is 2.33. The Kier molecular flexibility index (Phi) is 5.86. The molecule has 2 heteroatoms. The van der Waals surface area contributed by atoms with Gasteiger partial charge in [0.2, 0.25) is 0 Å². The molecule has 0 heterocycles. The van der Waals surface area contributed by atoms with Gasteiger partial charge in [-0.2, -0.15) is 0 Å². The van der Waals surface area contributed by atoms with E-state index in [0.29, 0.717) is 0 Å². The summed E-state index contributed by atoms with van der Waals surface area (Å²) in [5.41, 5.74) is 14.0. The second kappa shape index (κ2) is 8.84. The molecular weight excluding hydrogens is 406 g/mol. The maximum absolute atomic E-state index is 2.33. The summed E-state index contributed by atoms with van der Waals surface area (Å²) in [7, 11) is 1.92. The fourth-order valence-corrected chi connectivity index (χ4v) is 6.02. The maximum Gasteiger partial charge on any atom is 0.194 e. The van der Waals surface area contributed by atoms with E-state index in [9.17, 15) is 0 Å². The van der Waals surface area contributed by atoms with Crippen LogP contribution in [-0.2, 0) is 0 Å². The van der Waals surface area contributed by atoms with Crippen molar-refractivity contribution in [1.29, 1.82) is 0 Å². The first-order chi connectivity index (χ1) is 16.3. The summed E-state index contributed by atoms with van der Waals surface area (Å²) in [6, 6.07) is 27.4. The summed E-state index contributed by atoms with van der Waals surface area (Å²) in [5.74, 6) is 0. The Balaban J connectivity index is 1.78. The number of aryl methyl sites for hydroxylation is 6. The topological polar surface area (TPSA) is 0 Å². The molecule has 0 spiro atoms. The van der Waals surface area contributed by atoms with Crippen LogP contribution in [0.4, 0.5) is 0 Å². The lowest BCUT2D eigenvalue weighted by Gasteiger charge is -2.19. The summed E-state index contributed by atoms with van der Waals surface area (Å²) in [6.07, 6.45) is 0. The molecule has 0 aliphatic heterocycles. The average Bonchev–Trinajstić information content (AvgIpc) is 2.79. The fourth-order valence-electron chi connectivity index (χ4n) is 6.02. The van der Waals surface area contributed by atoms with Gasteiger partial charge in [0.05, 0.1) is 0 Å². The summed E-state index contributed by atoms with van der Waals surface area (Å²) >= 11 is 0. The van der Waals surface area contributed by atoms with Crippen LogP contribution < -0.4 is 21.9 Å². The summed E-state index contributed by atoms with van der Waals surface area (Å²) in [5, 5.41) is 5.55. The molecule has 0 atom stereocenters. The highest BCUT2D eigenvalue weighted by molar-refractivity contribution is 6.77. The van der Waals surface area contributed by atoms with Crippen molar-refractivity contribution in [3.05, 3.63) is 106 Å². The molecule has 0 aliphatic rings. The van der Waals surface area contributed by atoms with Gasteiger partial charge >= 0.3 is 0 Å². The Morgan fingerprint density at radius 1 is 0.382 bits per heavy atom. The molecule has 0 amide bonds. The monoisotopic (exact) mass is 438 g/mol. The largest absolute Gasteiger partial charge is 0.194 e. The summed E-state index contributed by atoms with van der Waals surface area (Å²) in [4.78, 5) is 0. The molecule has 0 saturated heterocycles. The molecule has 0 radical (unpaired) electrons. The van der Waals surface area contributed by atoms with Gasteiger partial charge in [-0.1, -0.05) is 128 Å². The van der Waals surface area contributed by atoms with Gasteiger partial charge in [-0.3, -0.25) is 0 Å². The van der Waals surface area contributed by atoms with Gasteiger partial charge in [0.25, 0.3) is 0 Å². The normalized spacial score (nSPS) is 11.2. The van der Waals surface area contributed by atoms with Crippen LogP contribution in [0, 0.1) is 41.5 Å². The summed E-state index contributed by atoms with van der Waals surface area (Å²) in [6.45, 7) is 13.4. The van der Waals surface area contributed by atoms with Crippen LogP contribution in [0.1, 0.15) is 33.4 Å². The van der Waals surface area contributed by atoms with Gasteiger partial charge in [0, 0.05) is 0 Å². The first-order valence-corrected chi connectivity index (χ1v) is 12.4. The highest BCUT2D eigenvalue weighted by Gasteiger charge is 2.18. The van der Waals surface area contributed by atoms with Crippen LogP contribution >= 0.6 is 0 Å². The van der Waals surface area contributed by atoms with Crippen molar-refractivity contribution in [1.82, 2.24) is 0 Å². The van der Waals surface area contributed by atoms with Crippen LogP contribution in [0.15, 0.2) is 72.8 Å². The number of benzene rings is 5. The van der Waals surface area contributed by atoms with Crippen LogP contribution in [-0.4, -0.2) is 14.6 Å². The van der Waals surface area contributed by atoms with Gasteiger partial charge in [0.1, 0.15) is 0 Å². The molecule has 5 aromatic rings. The lowest BCUT2D eigenvalue weighted by molar-refractivity contribution is 1.35. The first kappa shape index (κ1) is 22.5. The van der Waals surface area contributed by atoms with Crippen LogP contribution in [0.5, 0.6) is 0 Å². The molecular formula is C32H32B2. The molecule has 0 fully saturated rings. The molecule has 0 unspecified atom stereocenters. The van der Waals surface area contributed by atoms with Crippen molar-refractivity contribution in [2.24, 2.45) is 0 Å². The zero-order valence-corrected chi connectivity index (χ0v) is 21.3. The van der Waals surface area contributed by atoms with Gasteiger partial charge in [-0.05, 0) is 63.1 Å². The average molecular weight is 438 g/mol. The molecule has 166 valence electrons. The van der Waals surface area contributed by atoms with E-state index in [1.165, 1.54) is 76.8 Å². The minimum Gasteiger partial charge on any atom is -0.0728 e. The van der Waals surface area contributed by atoms with Crippen LogP contribution in [0.3, 0.4) is 0 Å². The highest BCUT2D eigenvalue weighted by Crippen LogP contribution is 2.20. The zero-order valence-electron chi connectivity index (χ0n) is 21.3. The minimum atomic E-state index is 0.960. The predicted octanol–water partition coefficient (Wildman–Crippen LogP) is 4.62. The molecule has 0 aromatic heterocycles. The Hall–Kier alpha value is -3.25. The third kappa shape index (κ3) is 3.96. The Morgan fingerprint density at radius 3 is 0.912 bits per heavy atom. The van der Waals surface area contributed by atoms with E-state index in [0.717, 1.165) is 14.6 Å². The van der Waals surface area contributed by atoms with Crippen molar-refractivity contribution in [3.8, 4) is 0 Å². The highest BCUT2D eigenvalue weighted by atomic mass is 14.1. The Bertz CT molecular complexity index is 1340. The number of hydrogen-bond acceptors (Lipinski definition) is 0. The molecule has 0 saturated carbocycles. The minimum absolute atomic E-state index is 0.960. The van der Waals surface area contributed by atoms with E-state index in [1.54, 1.807) is 0 Å². The third-order valence-corrected chi connectivity index (χ3v) is 7.54. The second-order valence-corrected chi connectivity index (χ2v) is 10.2. The van der Waals surface area contributed by atoms with Gasteiger partial charge in [0.15, 0.2) is 14.6 Å². The smallest absolute Gasteiger partial charge is 0.0728 e. The first-order valence-electron chi connectivity index (χ1n) is 12.4. The molecule has 5 rings (SSSR count). The van der Waals surface area contributed by atoms with E-state index in [2.05, 4.69) is 114 Å². The van der Waals surface area contributed by atoms with Gasteiger partial charge in [-0.25, -0.2) is 0 Å². The number of fused-ring (bicyclic) bond motifs is 2. The van der Waals surface area contributed by atoms with Crippen molar-refractivity contribution in [2.45, 2.75) is 41.5 Å². The molecule has 0 nitrogen and oxygen atoms in total. The quantitative estimate of drug-likeness (QED) is 0.284. The number of rotatable bonds is 4.